The minimum Gasteiger partial charge on any atom is -0.482 e. The number of ether oxygens (including phenoxy) is 1. The minimum atomic E-state index is -0.227. The number of hydrogen-bond acceptors (Lipinski definition) is 3. The van der Waals surface area contributed by atoms with Gasteiger partial charge in [0.1, 0.15) is 5.75 Å². The molecule has 4 nitrogen and oxygen atoms in total. The normalized spacial score (nSPS) is 15.8. The van der Waals surface area contributed by atoms with Crippen LogP contribution in [0.3, 0.4) is 0 Å². The van der Waals surface area contributed by atoms with Crippen molar-refractivity contribution < 1.29 is 9.53 Å². The van der Waals surface area contributed by atoms with Crippen molar-refractivity contribution in [2.45, 2.75) is 18.9 Å². The van der Waals surface area contributed by atoms with Gasteiger partial charge in [0.25, 0.3) is 5.91 Å². The Balaban J connectivity index is 1.88. The van der Waals surface area contributed by atoms with Crippen molar-refractivity contribution in [3.8, 4) is 5.75 Å². The Morgan fingerprint density at radius 1 is 1.30 bits per heavy atom. The lowest BCUT2D eigenvalue weighted by Crippen LogP contribution is -2.43. The number of carbonyl (C=O) groups is 1. The van der Waals surface area contributed by atoms with Crippen LogP contribution < -0.4 is 15.8 Å². The third kappa shape index (κ3) is 4.16. The van der Waals surface area contributed by atoms with Gasteiger partial charge in [-0.15, -0.1) is 0 Å². The Hall–Kier alpha value is -0.680. The van der Waals surface area contributed by atoms with Gasteiger partial charge in [0.15, 0.2) is 6.61 Å². The van der Waals surface area contributed by atoms with Crippen LogP contribution in [0, 0.1) is 5.92 Å². The first-order valence-electron chi connectivity index (χ1n) is 6.28. The van der Waals surface area contributed by atoms with E-state index < -0.39 is 0 Å². The van der Waals surface area contributed by atoms with E-state index in [1.165, 1.54) is 12.1 Å². The Morgan fingerprint density at radius 2 is 1.95 bits per heavy atom. The summed E-state index contributed by atoms with van der Waals surface area (Å²) in [6.07, 6.45) is 2.23. The Kier molecular flexibility index (Phi) is 5.38. The van der Waals surface area contributed by atoms with Gasteiger partial charge in [0.2, 0.25) is 0 Å². The van der Waals surface area contributed by atoms with Crippen LogP contribution in [0.4, 0.5) is 0 Å². The zero-order valence-electron chi connectivity index (χ0n) is 10.7. The summed E-state index contributed by atoms with van der Waals surface area (Å²) < 4.78 is 5.35. The van der Waals surface area contributed by atoms with E-state index in [0.29, 0.717) is 33.3 Å². The number of benzene rings is 1. The maximum Gasteiger partial charge on any atom is 0.258 e. The van der Waals surface area contributed by atoms with Crippen molar-refractivity contribution in [3.05, 3.63) is 27.2 Å². The summed E-state index contributed by atoms with van der Waals surface area (Å²) in [5.41, 5.74) is 5.62. The summed E-state index contributed by atoms with van der Waals surface area (Å²) >= 11 is 17.6. The molecule has 1 aromatic carbocycles. The quantitative estimate of drug-likeness (QED) is 0.785. The summed E-state index contributed by atoms with van der Waals surface area (Å²) in [5, 5.41) is 3.82. The van der Waals surface area contributed by atoms with Crippen LogP contribution in [-0.2, 0) is 4.79 Å². The zero-order valence-corrected chi connectivity index (χ0v) is 12.9. The van der Waals surface area contributed by atoms with E-state index in [1.807, 2.05) is 0 Å². The molecule has 3 N–H and O–H groups in total. The highest BCUT2D eigenvalue weighted by molar-refractivity contribution is 6.43. The molecule has 7 heteroatoms. The second-order valence-electron chi connectivity index (χ2n) is 4.73. The Labute approximate surface area is 132 Å². The lowest BCUT2D eigenvalue weighted by molar-refractivity contribution is -0.123. The van der Waals surface area contributed by atoms with Gasteiger partial charge in [0.05, 0.1) is 15.1 Å². The number of hydrogen-bond donors (Lipinski definition) is 2. The van der Waals surface area contributed by atoms with Gasteiger partial charge in [-0.3, -0.25) is 4.79 Å². The molecule has 1 aliphatic carbocycles. The highest BCUT2D eigenvalue weighted by Gasteiger charge is 2.31. The van der Waals surface area contributed by atoms with E-state index in [2.05, 4.69) is 5.32 Å². The lowest BCUT2D eigenvalue weighted by Gasteiger charge is -2.16. The third-order valence-electron chi connectivity index (χ3n) is 3.12. The van der Waals surface area contributed by atoms with Crippen molar-refractivity contribution in [1.82, 2.24) is 5.32 Å². The average molecular weight is 338 g/mol. The number of amides is 1. The summed E-state index contributed by atoms with van der Waals surface area (Å²) in [6.45, 7) is 0.296. The molecule has 0 saturated heterocycles. The first-order valence-corrected chi connectivity index (χ1v) is 7.41. The first-order chi connectivity index (χ1) is 9.51. The molecule has 0 aromatic heterocycles. The number of nitrogens with two attached hydrogens (primary N) is 1. The molecule has 1 atom stereocenters. The van der Waals surface area contributed by atoms with Crippen LogP contribution in [0.25, 0.3) is 0 Å². The second kappa shape index (κ2) is 6.85. The van der Waals surface area contributed by atoms with Crippen LogP contribution >= 0.6 is 34.8 Å². The van der Waals surface area contributed by atoms with Crippen LogP contribution in [0.1, 0.15) is 12.8 Å². The smallest absolute Gasteiger partial charge is 0.258 e. The van der Waals surface area contributed by atoms with Crippen LogP contribution in [0.15, 0.2) is 12.1 Å². The molecule has 1 aromatic rings. The number of rotatable bonds is 6. The van der Waals surface area contributed by atoms with Gasteiger partial charge in [0, 0.05) is 18.7 Å². The number of nitrogens with one attached hydrogen (secondary N) is 1. The Bertz CT molecular complexity index is 507. The topological polar surface area (TPSA) is 64.3 Å². The molecule has 20 heavy (non-hydrogen) atoms. The van der Waals surface area contributed by atoms with Crippen molar-refractivity contribution in [3.63, 3.8) is 0 Å². The fourth-order valence-electron chi connectivity index (χ4n) is 1.87. The van der Waals surface area contributed by atoms with Gasteiger partial charge >= 0.3 is 0 Å². The van der Waals surface area contributed by atoms with Crippen molar-refractivity contribution in [2.75, 3.05) is 13.2 Å². The maximum absolute atomic E-state index is 11.8. The number of carbonyl (C=O) groups excluding carboxylic acids is 1. The largest absolute Gasteiger partial charge is 0.482 e. The molecule has 0 bridgehead atoms. The van der Waals surface area contributed by atoms with Gasteiger partial charge in [-0.25, -0.2) is 0 Å². The third-order valence-corrected chi connectivity index (χ3v) is 4.14. The predicted molar refractivity (Wildman–Crippen MR) is 80.7 cm³/mol. The van der Waals surface area contributed by atoms with E-state index in [0.717, 1.165) is 12.8 Å². The maximum atomic E-state index is 11.8. The monoisotopic (exact) mass is 336 g/mol. The first kappa shape index (κ1) is 15.7. The highest BCUT2D eigenvalue weighted by Crippen LogP contribution is 2.34. The van der Waals surface area contributed by atoms with E-state index in [9.17, 15) is 4.79 Å². The van der Waals surface area contributed by atoms with E-state index >= 15 is 0 Å². The molecular formula is C13H15Cl3N2O2. The summed E-state index contributed by atoms with van der Waals surface area (Å²) in [4.78, 5) is 11.8. The fraction of sp³-hybridized carbons (Fsp3) is 0.462. The van der Waals surface area contributed by atoms with E-state index in [-0.39, 0.29) is 18.6 Å². The second-order valence-corrected chi connectivity index (χ2v) is 5.95. The molecule has 0 radical (unpaired) electrons. The van der Waals surface area contributed by atoms with Crippen molar-refractivity contribution >= 4 is 40.7 Å². The van der Waals surface area contributed by atoms with E-state index in [1.54, 1.807) is 0 Å². The number of halogens is 3. The molecule has 1 aliphatic rings. The molecule has 110 valence electrons. The Morgan fingerprint density at radius 3 is 2.55 bits per heavy atom. The molecule has 1 fully saturated rings. The van der Waals surface area contributed by atoms with Crippen LogP contribution in [0.5, 0.6) is 5.75 Å². The SMILES string of the molecule is NCC(NC(=O)COc1cc(Cl)c(Cl)cc1Cl)C1CC1. The molecule has 1 saturated carbocycles. The van der Waals surface area contributed by atoms with E-state index in [4.69, 9.17) is 45.3 Å². The summed E-state index contributed by atoms with van der Waals surface area (Å²) in [7, 11) is 0. The molecule has 0 spiro atoms. The highest BCUT2D eigenvalue weighted by atomic mass is 35.5. The molecule has 1 unspecified atom stereocenters. The van der Waals surface area contributed by atoms with Gasteiger partial charge < -0.3 is 15.8 Å². The molecule has 1 amide bonds. The molecular weight excluding hydrogens is 323 g/mol. The predicted octanol–water partition coefficient (Wildman–Crippen LogP) is 2.88. The lowest BCUT2D eigenvalue weighted by atomic mass is 10.2. The van der Waals surface area contributed by atoms with Gasteiger partial charge in [-0.2, -0.15) is 0 Å². The summed E-state index contributed by atoms with van der Waals surface area (Å²) in [5.74, 6) is 0.596. The minimum absolute atomic E-state index is 0.0235. The molecule has 0 heterocycles. The van der Waals surface area contributed by atoms with Crippen molar-refractivity contribution in [1.29, 1.82) is 0 Å². The molecule has 0 aliphatic heterocycles. The average Bonchev–Trinajstić information content (AvgIpc) is 3.23. The van der Waals surface area contributed by atoms with Crippen molar-refractivity contribution in [2.24, 2.45) is 11.7 Å². The fourth-order valence-corrected chi connectivity index (χ4v) is 2.47. The van der Waals surface area contributed by atoms with Gasteiger partial charge in [-0.1, -0.05) is 34.8 Å². The standard InChI is InChI=1S/C13H15Cl3N2O2/c14-8-3-10(16)12(4-9(8)15)20-6-13(19)18-11(5-17)7-1-2-7/h3-4,7,11H,1-2,5-6,17H2,(H,18,19). The summed E-state index contributed by atoms with van der Waals surface area (Å²) in [6, 6.07) is 2.99. The van der Waals surface area contributed by atoms with Gasteiger partial charge in [-0.05, 0) is 24.8 Å². The van der Waals surface area contributed by atoms with Crippen LogP contribution in [0.2, 0.25) is 15.1 Å². The zero-order chi connectivity index (χ0) is 14.7. The molecule has 2 rings (SSSR count). The van der Waals surface area contributed by atoms with Crippen LogP contribution in [-0.4, -0.2) is 25.1 Å².